The number of aliphatic carboxylic acids is 1. The van der Waals surface area contributed by atoms with Crippen LogP contribution in [0.4, 0.5) is 0 Å². The first-order valence-corrected chi connectivity index (χ1v) is 6.51. The molecule has 0 radical (unpaired) electrons. The van der Waals surface area contributed by atoms with Gasteiger partial charge in [0.1, 0.15) is 5.54 Å². The zero-order valence-corrected chi connectivity index (χ0v) is 10.5. The van der Waals surface area contributed by atoms with Gasteiger partial charge in [0.05, 0.1) is 3.79 Å². The highest BCUT2D eigenvalue weighted by molar-refractivity contribution is 9.11. The van der Waals surface area contributed by atoms with E-state index in [2.05, 4.69) is 21.2 Å². The molecule has 0 bridgehead atoms. The van der Waals surface area contributed by atoms with E-state index in [1.165, 1.54) is 0 Å². The van der Waals surface area contributed by atoms with Gasteiger partial charge in [-0.25, -0.2) is 0 Å². The van der Waals surface area contributed by atoms with Crippen molar-refractivity contribution < 1.29 is 9.90 Å². The molecule has 0 atom stereocenters. The van der Waals surface area contributed by atoms with Gasteiger partial charge in [0.25, 0.3) is 0 Å². The molecule has 2 rings (SSSR count). The Morgan fingerprint density at radius 1 is 1.67 bits per heavy atom. The van der Waals surface area contributed by atoms with Crippen LogP contribution < -0.4 is 5.32 Å². The molecular formula is C10H12BrNO2S. The number of carboxylic acids is 1. The van der Waals surface area contributed by atoms with Gasteiger partial charge in [0.2, 0.25) is 0 Å². The van der Waals surface area contributed by atoms with Gasteiger partial charge in [-0.05, 0) is 52.2 Å². The molecule has 2 N–H and O–H groups in total. The summed E-state index contributed by atoms with van der Waals surface area (Å²) >= 11 is 5.01. The number of nitrogens with one attached hydrogen (secondary N) is 1. The molecule has 15 heavy (non-hydrogen) atoms. The van der Waals surface area contributed by atoms with E-state index >= 15 is 0 Å². The fourth-order valence-corrected chi connectivity index (χ4v) is 2.92. The number of hydrogen-bond donors (Lipinski definition) is 2. The normalized spacial score (nSPS) is 18.5. The lowest BCUT2D eigenvalue weighted by atomic mass is 9.77. The van der Waals surface area contributed by atoms with Gasteiger partial charge in [-0.3, -0.25) is 10.1 Å². The Bertz CT molecular complexity index is 373. The van der Waals surface area contributed by atoms with Gasteiger partial charge in [0, 0.05) is 6.54 Å². The van der Waals surface area contributed by atoms with Crippen LogP contribution in [0.5, 0.6) is 0 Å². The van der Waals surface area contributed by atoms with Crippen LogP contribution >= 0.6 is 27.3 Å². The van der Waals surface area contributed by atoms with E-state index in [1.54, 1.807) is 11.3 Å². The second-order valence-corrected chi connectivity index (χ2v) is 6.14. The predicted octanol–water partition coefficient (Wildman–Crippen LogP) is 2.61. The van der Waals surface area contributed by atoms with Crippen LogP contribution in [0.25, 0.3) is 0 Å². The first-order valence-electron chi connectivity index (χ1n) is 4.84. The average Bonchev–Trinajstić information content (AvgIpc) is 2.49. The summed E-state index contributed by atoms with van der Waals surface area (Å²) in [7, 11) is 0. The summed E-state index contributed by atoms with van der Waals surface area (Å²) in [6, 6.07) is 2.02. The topological polar surface area (TPSA) is 49.3 Å². The van der Waals surface area contributed by atoms with Gasteiger partial charge in [-0.2, -0.15) is 0 Å². The molecule has 1 aliphatic rings. The fourth-order valence-electron chi connectivity index (χ4n) is 1.71. The third-order valence-electron chi connectivity index (χ3n) is 2.87. The standard InChI is InChI=1S/C10H12BrNO2S/c11-8-4-7(6-15-8)5-12-10(9(13)14)2-1-3-10/h4,6,12H,1-3,5H2,(H,13,14). The van der Waals surface area contributed by atoms with Crippen LogP contribution in [0.3, 0.4) is 0 Å². The minimum atomic E-state index is -0.719. The number of rotatable bonds is 4. The van der Waals surface area contributed by atoms with Crippen molar-refractivity contribution in [2.24, 2.45) is 0 Å². The molecule has 1 saturated carbocycles. The van der Waals surface area contributed by atoms with Crippen LogP contribution in [0.15, 0.2) is 15.2 Å². The summed E-state index contributed by atoms with van der Waals surface area (Å²) in [6.07, 6.45) is 2.49. The van der Waals surface area contributed by atoms with Gasteiger partial charge < -0.3 is 5.11 Å². The van der Waals surface area contributed by atoms with E-state index in [0.717, 1.165) is 28.6 Å². The van der Waals surface area contributed by atoms with E-state index in [9.17, 15) is 4.79 Å². The minimum absolute atomic E-state index is 0.633. The largest absolute Gasteiger partial charge is 0.480 e. The van der Waals surface area contributed by atoms with Crippen molar-refractivity contribution >= 4 is 33.2 Å². The minimum Gasteiger partial charge on any atom is -0.480 e. The zero-order chi connectivity index (χ0) is 10.9. The van der Waals surface area contributed by atoms with Crippen LogP contribution in [-0.4, -0.2) is 16.6 Å². The molecule has 3 nitrogen and oxygen atoms in total. The highest BCUT2D eigenvalue weighted by Gasteiger charge is 2.43. The van der Waals surface area contributed by atoms with Gasteiger partial charge in [0.15, 0.2) is 0 Å². The first-order chi connectivity index (χ1) is 7.12. The van der Waals surface area contributed by atoms with Crippen LogP contribution in [0, 0.1) is 0 Å². The van der Waals surface area contributed by atoms with E-state index in [1.807, 2.05) is 11.4 Å². The van der Waals surface area contributed by atoms with Crippen LogP contribution in [0.1, 0.15) is 24.8 Å². The summed E-state index contributed by atoms with van der Waals surface area (Å²) in [5, 5.41) is 14.3. The van der Waals surface area contributed by atoms with E-state index in [4.69, 9.17) is 5.11 Å². The maximum atomic E-state index is 11.1. The lowest BCUT2D eigenvalue weighted by Crippen LogP contribution is -2.56. The Hall–Kier alpha value is -0.390. The van der Waals surface area contributed by atoms with Crippen molar-refractivity contribution in [1.82, 2.24) is 5.32 Å². The Labute approximate surface area is 101 Å². The maximum Gasteiger partial charge on any atom is 0.323 e. The van der Waals surface area contributed by atoms with Crippen molar-refractivity contribution in [2.75, 3.05) is 0 Å². The van der Waals surface area contributed by atoms with Crippen LogP contribution in [0.2, 0.25) is 0 Å². The lowest BCUT2D eigenvalue weighted by Gasteiger charge is -2.38. The first kappa shape index (κ1) is 11.1. The highest BCUT2D eigenvalue weighted by Crippen LogP contribution is 2.32. The second kappa shape index (κ2) is 4.23. The van der Waals surface area contributed by atoms with E-state index < -0.39 is 11.5 Å². The summed E-state index contributed by atoms with van der Waals surface area (Å²) in [6.45, 7) is 0.633. The Morgan fingerprint density at radius 3 is 2.80 bits per heavy atom. The number of thiophene rings is 1. The van der Waals surface area contributed by atoms with Crippen molar-refractivity contribution in [1.29, 1.82) is 0 Å². The molecule has 1 aromatic heterocycles. The van der Waals surface area contributed by atoms with E-state index in [-0.39, 0.29) is 0 Å². The smallest absolute Gasteiger partial charge is 0.323 e. The molecular weight excluding hydrogens is 278 g/mol. The predicted molar refractivity (Wildman–Crippen MR) is 63.1 cm³/mol. The molecule has 1 heterocycles. The zero-order valence-electron chi connectivity index (χ0n) is 8.12. The summed E-state index contributed by atoms with van der Waals surface area (Å²) in [4.78, 5) is 11.1. The summed E-state index contributed by atoms with van der Waals surface area (Å²) in [5.41, 5.74) is 0.480. The molecule has 82 valence electrons. The van der Waals surface area contributed by atoms with Crippen LogP contribution in [-0.2, 0) is 11.3 Å². The Kier molecular flexibility index (Phi) is 3.13. The lowest BCUT2D eigenvalue weighted by molar-refractivity contribution is -0.148. The molecule has 1 aliphatic carbocycles. The highest BCUT2D eigenvalue weighted by atomic mass is 79.9. The summed E-state index contributed by atoms with van der Waals surface area (Å²) in [5.74, 6) is -0.719. The monoisotopic (exact) mass is 289 g/mol. The molecule has 1 fully saturated rings. The molecule has 0 aliphatic heterocycles. The quantitative estimate of drug-likeness (QED) is 0.896. The number of carbonyl (C=O) groups is 1. The number of halogens is 1. The average molecular weight is 290 g/mol. The summed E-state index contributed by atoms with van der Waals surface area (Å²) < 4.78 is 1.08. The molecule has 1 aromatic rings. The maximum absolute atomic E-state index is 11.1. The molecule has 0 unspecified atom stereocenters. The number of carboxylic acid groups (broad SMARTS) is 1. The molecule has 0 saturated heterocycles. The van der Waals surface area contributed by atoms with Gasteiger partial charge >= 0.3 is 5.97 Å². The van der Waals surface area contributed by atoms with Gasteiger partial charge in [-0.15, -0.1) is 11.3 Å². The van der Waals surface area contributed by atoms with Gasteiger partial charge in [-0.1, -0.05) is 0 Å². The Balaban J connectivity index is 1.95. The third kappa shape index (κ3) is 2.24. The fraction of sp³-hybridized carbons (Fsp3) is 0.500. The SMILES string of the molecule is O=C(O)C1(NCc2csc(Br)c2)CCC1. The van der Waals surface area contributed by atoms with Crippen molar-refractivity contribution in [2.45, 2.75) is 31.3 Å². The molecule has 0 spiro atoms. The molecule has 0 amide bonds. The number of hydrogen-bond acceptors (Lipinski definition) is 3. The van der Waals surface area contributed by atoms with E-state index in [0.29, 0.717) is 6.54 Å². The van der Waals surface area contributed by atoms with Crippen molar-refractivity contribution in [3.8, 4) is 0 Å². The van der Waals surface area contributed by atoms with Crippen molar-refractivity contribution in [3.63, 3.8) is 0 Å². The molecule has 5 heteroatoms. The third-order valence-corrected chi connectivity index (χ3v) is 4.42. The van der Waals surface area contributed by atoms with Crippen molar-refractivity contribution in [3.05, 3.63) is 20.8 Å². The molecule has 0 aromatic carbocycles. The Morgan fingerprint density at radius 2 is 2.40 bits per heavy atom. The second-order valence-electron chi connectivity index (χ2n) is 3.85.